The second kappa shape index (κ2) is 15.6. The first-order valence-corrected chi connectivity index (χ1v) is 17.9. The summed E-state index contributed by atoms with van der Waals surface area (Å²) < 4.78 is 16.9. The molecular formula is C36H28Cl2N16O5. The van der Waals surface area contributed by atoms with Gasteiger partial charge in [-0.15, -0.1) is 10.2 Å². The zero-order chi connectivity index (χ0) is 39.9. The molecule has 0 spiro atoms. The molecule has 6 N–H and O–H groups in total. The van der Waals surface area contributed by atoms with Gasteiger partial charge in [0.05, 0.1) is 44.7 Å². The highest BCUT2D eigenvalue weighted by molar-refractivity contribution is 6.34. The van der Waals surface area contributed by atoms with Crippen LogP contribution in [0.1, 0.15) is 0 Å². The highest BCUT2D eigenvalue weighted by atomic mass is 35.5. The van der Waals surface area contributed by atoms with E-state index in [4.69, 9.17) is 32.0 Å². The monoisotopic (exact) mass is 834 g/mol. The summed E-state index contributed by atoms with van der Waals surface area (Å²) in [5.41, 5.74) is 2.76. The molecule has 10 aromatic rings. The van der Waals surface area contributed by atoms with Gasteiger partial charge in [-0.25, -0.2) is 19.6 Å². The maximum absolute atomic E-state index is 12.5. The number of aryl methyl sites for hydroxylation is 2. The number of anilines is 4. The van der Waals surface area contributed by atoms with Crippen LogP contribution in [0, 0.1) is 0 Å². The van der Waals surface area contributed by atoms with Crippen molar-refractivity contribution < 1.29 is 23.9 Å². The Labute approximate surface area is 339 Å². The highest BCUT2D eigenvalue weighted by Crippen LogP contribution is 2.27. The van der Waals surface area contributed by atoms with Crippen molar-refractivity contribution in [2.24, 2.45) is 14.1 Å². The first kappa shape index (κ1) is 38.0. The summed E-state index contributed by atoms with van der Waals surface area (Å²) in [7, 11) is 3.55. The molecule has 0 bridgehead atoms. The molecule has 4 amide bonds. The maximum Gasteiger partial charge on any atom is 0.326 e. The van der Waals surface area contributed by atoms with Gasteiger partial charge in [-0.2, -0.15) is 29.2 Å². The van der Waals surface area contributed by atoms with E-state index in [-0.39, 0.29) is 17.4 Å². The standard InChI is InChI=1S/2C18H13ClN8O2.H2O/c2*1-26-9-10-14(24-26)22-17(23-18(28)20-12-6-3-2-5-11(12)19)27-16(10)21-15(25-27)13-7-4-8-29-13;/h2*2-9H,1H3,(H2,20,22,23,24,28);1H2. The minimum absolute atomic E-state index is 0. The van der Waals surface area contributed by atoms with Gasteiger partial charge in [0.1, 0.15) is 0 Å². The largest absolute Gasteiger partial charge is 0.461 e. The fourth-order valence-corrected chi connectivity index (χ4v) is 6.18. The molecule has 0 aliphatic heterocycles. The lowest BCUT2D eigenvalue weighted by atomic mass is 10.3. The van der Waals surface area contributed by atoms with Gasteiger partial charge in [0.2, 0.25) is 23.5 Å². The zero-order valence-corrected chi connectivity index (χ0v) is 32.0. The van der Waals surface area contributed by atoms with E-state index in [9.17, 15) is 9.59 Å². The van der Waals surface area contributed by atoms with E-state index in [0.29, 0.717) is 78.0 Å². The molecule has 0 saturated heterocycles. The molecule has 8 aromatic heterocycles. The third-order valence-corrected chi connectivity index (χ3v) is 8.98. The Kier molecular flexibility index (Phi) is 10.0. The number of amides is 4. The molecule has 59 heavy (non-hydrogen) atoms. The van der Waals surface area contributed by atoms with E-state index >= 15 is 0 Å². The van der Waals surface area contributed by atoms with Crippen LogP contribution in [0.2, 0.25) is 10.0 Å². The average molecular weight is 836 g/mol. The molecule has 8 heterocycles. The Hall–Kier alpha value is -7.88. The van der Waals surface area contributed by atoms with Crippen LogP contribution in [0.3, 0.4) is 0 Å². The number of furan rings is 2. The molecule has 10 rings (SSSR count). The topological polar surface area (TPSA) is 262 Å². The zero-order valence-electron chi connectivity index (χ0n) is 30.5. The second-order valence-corrected chi connectivity index (χ2v) is 13.2. The number of hydrogen-bond donors (Lipinski definition) is 4. The van der Waals surface area contributed by atoms with Crippen LogP contribution >= 0.6 is 23.2 Å². The van der Waals surface area contributed by atoms with Crippen LogP contribution in [0.4, 0.5) is 32.9 Å². The predicted octanol–water partition coefficient (Wildman–Crippen LogP) is 6.31. The van der Waals surface area contributed by atoms with Crippen LogP contribution < -0.4 is 21.3 Å². The Morgan fingerprint density at radius 1 is 0.559 bits per heavy atom. The van der Waals surface area contributed by atoms with E-state index < -0.39 is 12.1 Å². The number of urea groups is 2. The fraction of sp³-hybridized carbons (Fsp3) is 0.0556. The molecule has 0 radical (unpaired) electrons. The number of nitrogens with one attached hydrogen (secondary N) is 4. The molecular weight excluding hydrogens is 807 g/mol. The van der Waals surface area contributed by atoms with Crippen molar-refractivity contribution >= 4 is 91.9 Å². The number of aromatic nitrogens is 12. The van der Waals surface area contributed by atoms with Gasteiger partial charge in [0.15, 0.2) is 34.1 Å². The fourth-order valence-electron chi connectivity index (χ4n) is 5.82. The highest BCUT2D eigenvalue weighted by Gasteiger charge is 2.21. The van der Waals surface area contributed by atoms with Crippen molar-refractivity contribution in [2.45, 2.75) is 0 Å². The van der Waals surface area contributed by atoms with E-state index in [2.05, 4.69) is 61.6 Å². The van der Waals surface area contributed by atoms with Crippen molar-refractivity contribution in [3.8, 4) is 23.2 Å². The molecule has 296 valence electrons. The van der Waals surface area contributed by atoms with Gasteiger partial charge in [-0.1, -0.05) is 47.5 Å². The Morgan fingerprint density at radius 2 is 0.983 bits per heavy atom. The lowest BCUT2D eigenvalue weighted by Gasteiger charge is -2.09. The molecule has 0 atom stereocenters. The molecule has 21 nitrogen and oxygen atoms in total. The molecule has 0 unspecified atom stereocenters. The van der Waals surface area contributed by atoms with Crippen LogP contribution in [0.25, 0.3) is 56.5 Å². The summed E-state index contributed by atoms with van der Waals surface area (Å²) in [5.74, 6) is 2.03. The molecule has 0 fully saturated rings. The van der Waals surface area contributed by atoms with Crippen LogP contribution in [-0.2, 0) is 14.1 Å². The second-order valence-electron chi connectivity index (χ2n) is 12.4. The minimum Gasteiger partial charge on any atom is -0.461 e. The minimum atomic E-state index is -0.530. The first-order valence-electron chi connectivity index (χ1n) is 17.1. The number of fused-ring (bicyclic) bond motifs is 6. The van der Waals surface area contributed by atoms with E-state index in [1.54, 1.807) is 109 Å². The number of para-hydroxylation sites is 2. The summed E-state index contributed by atoms with van der Waals surface area (Å²) in [4.78, 5) is 43.0. The number of nitrogens with zero attached hydrogens (tertiary/aromatic N) is 12. The molecule has 0 aliphatic carbocycles. The number of rotatable bonds is 6. The third-order valence-electron chi connectivity index (χ3n) is 8.32. The van der Waals surface area contributed by atoms with Crippen LogP contribution in [0.5, 0.6) is 0 Å². The van der Waals surface area contributed by atoms with Crippen molar-refractivity contribution in [1.82, 2.24) is 58.7 Å². The van der Waals surface area contributed by atoms with Crippen molar-refractivity contribution in [3.05, 3.63) is 108 Å². The number of benzene rings is 2. The van der Waals surface area contributed by atoms with Gasteiger partial charge >= 0.3 is 12.1 Å². The Morgan fingerprint density at radius 3 is 1.37 bits per heavy atom. The summed E-state index contributed by atoms with van der Waals surface area (Å²) in [5, 5.41) is 30.4. The third kappa shape index (κ3) is 7.53. The summed E-state index contributed by atoms with van der Waals surface area (Å²) >= 11 is 12.2. The normalized spacial score (nSPS) is 11.1. The maximum atomic E-state index is 12.5. The predicted molar refractivity (Wildman–Crippen MR) is 217 cm³/mol. The smallest absolute Gasteiger partial charge is 0.326 e. The van der Waals surface area contributed by atoms with E-state index in [0.717, 1.165) is 0 Å². The van der Waals surface area contributed by atoms with E-state index in [1.807, 2.05) is 0 Å². The number of carbonyl (C=O) groups is 2. The van der Waals surface area contributed by atoms with Crippen molar-refractivity contribution in [3.63, 3.8) is 0 Å². The Balaban J connectivity index is 0.000000161. The molecule has 23 heteroatoms. The first-order chi connectivity index (χ1) is 28.2. The number of carbonyl (C=O) groups excluding carboxylic acids is 2. The van der Waals surface area contributed by atoms with Gasteiger partial charge < -0.3 is 24.9 Å². The van der Waals surface area contributed by atoms with Gasteiger partial charge in [0, 0.05) is 26.5 Å². The average Bonchev–Trinajstić information content (AvgIpc) is 4.05. The summed E-state index contributed by atoms with van der Waals surface area (Å²) in [6, 6.07) is 19.8. The summed E-state index contributed by atoms with van der Waals surface area (Å²) in [6.45, 7) is 0. The lowest BCUT2D eigenvalue weighted by Crippen LogP contribution is -2.22. The van der Waals surface area contributed by atoms with Gasteiger partial charge in [0.25, 0.3) is 0 Å². The Bertz CT molecular complexity index is 2920. The van der Waals surface area contributed by atoms with Crippen molar-refractivity contribution in [1.29, 1.82) is 0 Å². The van der Waals surface area contributed by atoms with Crippen LogP contribution in [0.15, 0.2) is 107 Å². The number of halogens is 2. The SMILES string of the molecule is Cn1cc2c(nc(NC(=O)Nc3ccccc3Cl)n3nc(-c4ccco4)nc23)n1.Cn1cc2c(nc(NC(=O)Nc3ccccc3Cl)n3nc(-c4ccco4)nc23)n1.O. The number of hydrogen-bond acceptors (Lipinski definition) is 12. The van der Waals surface area contributed by atoms with Crippen molar-refractivity contribution in [2.75, 3.05) is 21.3 Å². The summed E-state index contributed by atoms with van der Waals surface area (Å²) in [6.07, 6.45) is 6.64. The lowest BCUT2D eigenvalue weighted by molar-refractivity contribution is 0.261. The van der Waals surface area contributed by atoms with Gasteiger partial charge in [-0.3, -0.25) is 20.0 Å². The van der Waals surface area contributed by atoms with E-state index in [1.165, 1.54) is 21.6 Å². The molecule has 2 aromatic carbocycles. The quantitative estimate of drug-likeness (QED) is 0.144. The van der Waals surface area contributed by atoms with Gasteiger partial charge in [-0.05, 0) is 48.5 Å². The molecule has 0 saturated carbocycles. The molecule has 0 aliphatic rings. The van der Waals surface area contributed by atoms with Crippen LogP contribution in [-0.4, -0.2) is 76.3 Å².